The second kappa shape index (κ2) is 3.51. The van der Waals surface area contributed by atoms with Gasteiger partial charge in [0, 0.05) is 14.1 Å². The van der Waals surface area contributed by atoms with Crippen molar-refractivity contribution in [2.45, 2.75) is 0 Å². The van der Waals surface area contributed by atoms with E-state index in [0.29, 0.717) is 0 Å². The number of nitrogens with one attached hydrogen (secondary N) is 1. The predicted molar refractivity (Wildman–Crippen MR) is 46.9 cm³/mol. The molecular weight excluding hydrogens is 174 g/mol. The standard InChI is InChI=1S/C9H10F2N2/c1-13(2)9(12)8-6(10)4-3-5-7(8)11/h3-5,12H,1-2H3. The van der Waals surface area contributed by atoms with Crippen LogP contribution in [-0.4, -0.2) is 24.8 Å². The Balaban J connectivity index is 3.20. The van der Waals surface area contributed by atoms with E-state index in [1.807, 2.05) is 0 Å². The van der Waals surface area contributed by atoms with Gasteiger partial charge in [-0.15, -0.1) is 0 Å². The highest BCUT2D eigenvalue weighted by molar-refractivity contribution is 5.96. The molecule has 0 aliphatic carbocycles. The maximum absolute atomic E-state index is 13.1. The van der Waals surface area contributed by atoms with Gasteiger partial charge in [0.05, 0.1) is 5.56 Å². The van der Waals surface area contributed by atoms with Crippen LogP contribution in [0.2, 0.25) is 0 Å². The highest BCUT2D eigenvalue weighted by Gasteiger charge is 2.14. The number of nitrogens with zero attached hydrogens (tertiary/aromatic N) is 1. The van der Waals surface area contributed by atoms with Gasteiger partial charge >= 0.3 is 0 Å². The lowest BCUT2D eigenvalue weighted by atomic mass is 10.1. The van der Waals surface area contributed by atoms with Gasteiger partial charge in [-0.05, 0) is 12.1 Å². The first-order chi connectivity index (χ1) is 6.04. The molecule has 0 amide bonds. The minimum Gasteiger partial charge on any atom is -0.363 e. The molecule has 1 N–H and O–H groups in total. The fraction of sp³-hybridized carbons (Fsp3) is 0.222. The molecule has 2 nitrogen and oxygen atoms in total. The van der Waals surface area contributed by atoms with Crippen LogP contribution in [-0.2, 0) is 0 Å². The van der Waals surface area contributed by atoms with Crippen molar-refractivity contribution in [1.82, 2.24) is 4.90 Å². The van der Waals surface area contributed by atoms with Crippen LogP contribution in [0.3, 0.4) is 0 Å². The smallest absolute Gasteiger partial charge is 0.137 e. The van der Waals surface area contributed by atoms with Crippen molar-refractivity contribution in [1.29, 1.82) is 5.41 Å². The Morgan fingerprint density at radius 1 is 1.23 bits per heavy atom. The average molecular weight is 184 g/mol. The maximum atomic E-state index is 13.1. The minimum absolute atomic E-state index is 0.171. The lowest BCUT2D eigenvalue weighted by Crippen LogP contribution is -2.24. The molecule has 0 radical (unpaired) electrons. The van der Waals surface area contributed by atoms with E-state index in [2.05, 4.69) is 0 Å². The van der Waals surface area contributed by atoms with Gasteiger partial charge in [0.15, 0.2) is 0 Å². The predicted octanol–water partition coefficient (Wildman–Crippen LogP) is 1.85. The van der Waals surface area contributed by atoms with E-state index in [1.165, 1.54) is 11.0 Å². The summed E-state index contributed by atoms with van der Waals surface area (Å²) in [4.78, 5) is 1.35. The van der Waals surface area contributed by atoms with E-state index in [-0.39, 0.29) is 11.4 Å². The molecule has 1 aromatic rings. The van der Waals surface area contributed by atoms with Gasteiger partial charge in [-0.3, -0.25) is 5.41 Å². The fourth-order valence-corrected chi connectivity index (χ4v) is 0.948. The Morgan fingerprint density at radius 2 is 1.69 bits per heavy atom. The number of benzene rings is 1. The van der Waals surface area contributed by atoms with Crippen molar-refractivity contribution in [3.05, 3.63) is 35.4 Å². The highest BCUT2D eigenvalue weighted by Crippen LogP contribution is 2.13. The van der Waals surface area contributed by atoms with Gasteiger partial charge in [-0.2, -0.15) is 0 Å². The van der Waals surface area contributed by atoms with Crippen molar-refractivity contribution >= 4 is 5.84 Å². The van der Waals surface area contributed by atoms with Crippen LogP contribution in [0.25, 0.3) is 0 Å². The molecule has 13 heavy (non-hydrogen) atoms. The third-order valence-electron chi connectivity index (χ3n) is 1.65. The Labute approximate surface area is 75.3 Å². The van der Waals surface area contributed by atoms with Crippen molar-refractivity contribution in [2.75, 3.05) is 14.1 Å². The quantitative estimate of drug-likeness (QED) is 0.523. The molecule has 1 rings (SSSR count). The van der Waals surface area contributed by atoms with Crippen molar-refractivity contribution < 1.29 is 8.78 Å². The molecule has 4 heteroatoms. The molecule has 0 aromatic heterocycles. The van der Waals surface area contributed by atoms with Crippen molar-refractivity contribution in [3.63, 3.8) is 0 Å². The van der Waals surface area contributed by atoms with Crippen molar-refractivity contribution in [2.24, 2.45) is 0 Å². The maximum Gasteiger partial charge on any atom is 0.137 e. The summed E-state index contributed by atoms with van der Waals surface area (Å²) in [5, 5.41) is 7.41. The molecule has 0 atom stereocenters. The molecule has 0 unspecified atom stereocenters. The SMILES string of the molecule is CN(C)C(=N)c1c(F)cccc1F. The minimum atomic E-state index is -0.710. The van der Waals surface area contributed by atoms with Crippen LogP contribution in [0.4, 0.5) is 8.78 Å². The summed E-state index contributed by atoms with van der Waals surface area (Å²) in [6, 6.07) is 3.55. The van der Waals surface area contributed by atoms with Gasteiger partial charge in [-0.1, -0.05) is 6.07 Å². The molecule has 0 heterocycles. The van der Waals surface area contributed by atoms with Crippen molar-refractivity contribution in [3.8, 4) is 0 Å². The fourth-order valence-electron chi connectivity index (χ4n) is 0.948. The largest absolute Gasteiger partial charge is 0.363 e. The second-order valence-electron chi connectivity index (χ2n) is 2.84. The van der Waals surface area contributed by atoms with Gasteiger partial charge in [0.1, 0.15) is 17.5 Å². The first-order valence-electron chi connectivity index (χ1n) is 3.74. The number of hydrogen-bond acceptors (Lipinski definition) is 1. The summed E-state index contributed by atoms with van der Waals surface area (Å²) in [5.74, 6) is -1.59. The molecule has 0 saturated heterocycles. The summed E-state index contributed by atoms with van der Waals surface area (Å²) >= 11 is 0. The molecule has 0 fully saturated rings. The van der Waals surface area contributed by atoms with Crippen LogP contribution in [0.1, 0.15) is 5.56 Å². The Kier molecular flexibility index (Phi) is 2.60. The normalized spacial score (nSPS) is 9.85. The zero-order valence-corrected chi connectivity index (χ0v) is 7.44. The first-order valence-corrected chi connectivity index (χ1v) is 3.74. The molecule has 70 valence electrons. The number of halogens is 2. The van der Waals surface area contributed by atoms with E-state index < -0.39 is 11.6 Å². The summed E-state index contributed by atoms with van der Waals surface area (Å²) < 4.78 is 26.1. The molecular formula is C9H10F2N2. The summed E-state index contributed by atoms with van der Waals surface area (Å²) in [5.41, 5.74) is -0.285. The third-order valence-corrected chi connectivity index (χ3v) is 1.65. The molecule has 0 aliphatic rings. The van der Waals surface area contributed by atoms with Crippen LogP contribution >= 0.6 is 0 Å². The van der Waals surface area contributed by atoms with Crippen LogP contribution in [0.5, 0.6) is 0 Å². The van der Waals surface area contributed by atoms with Crippen LogP contribution in [0.15, 0.2) is 18.2 Å². The van der Waals surface area contributed by atoms with Crippen LogP contribution < -0.4 is 0 Å². The van der Waals surface area contributed by atoms with Gasteiger partial charge < -0.3 is 4.90 Å². The summed E-state index contributed by atoms with van der Waals surface area (Å²) in [6.07, 6.45) is 0. The molecule has 0 bridgehead atoms. The Morgan fingerprint density at radius 3 is 2.08 bits per heavy atom. The molecule has 0 saturated carbocycles. The number of amidine groups is 1. The van der Waals surface area contributed by atoms with Gasteiger partial charge in [-0.25, -0.2) is 8.78 Å². The number of hydrogen-bond donors (Lipinski definition) is 1. The van der Waals surface area contributed by atoms with E-state index in [9.17, 15) is 8.78 Å². The first kappa shape index (κ1) is 9.64. The van der Waals surface area contributed by atoms with Gasteiger partial charge in [0.2, 0.25) is 0 Å². The molecule has 0 spiro atoms. The second-order valence-corrected chi connectivity index (χ2v) is 2.84. The van der Waals surface area contributed by atoms with E-state index in [0.717, 1.165) is 12.1 Å². The zero-order chi connectivity index (χ0) is 10.0. The highest BCUT2D eigenvalue weighted by atomic mass is 19.1. The third kappa shape index (κ3) is 1.83. The monoisotopic (exact) mass is 184 g/mol. The summed E-state index contributed by atoms with van der Waals surface area (Å²) in [7, 11) is 3.13. The summed E-state index contributed by atoms with van der Waals surface area (Å²) in [6.45, 7) is 0. The van der Waals surface area contributed by atoms with Crippen LogP contribution in [0, 0.1) is 17.0 Å². The molecule has 0 aliphatic heterocycles. The Bertz CT molecular complexity index is 314. The lowest BCUT2D eigenvalue weighted by Gasteiger charge is -2.14. The number of rotatable bonds is 1. The average Bonchev–Trinajstić information content (AvgIpc) is 2.03. The molecule has 1 aromatic carbocycles. The topological polar surface area (TPSA) is 27.1 Å². The van der Waals surface area contributed by atoms with E-state index in [1.54, 1.807) is 14.1 Å². The zero-order valence-electron chi connectivity index (χ0n) is 7.44. The van der Waals surface area contributed by atoms with E-state index >= 15 is 0 Å². The van der Waals surface area contributed by atoms with E-state index in [4.69, 9.17) is 5.41 Å². The van der Waals surface area contributed by atoms with Gasteiger partial charge in [0.25, 0.3) is 0 Å². The lowest BCUT2D eigenvalue weighted by molar-refractivity contribution is 0.557. The Hall–Kier alpha value is -1.45.